The summed E-state index contributed by atoms with van der Waals surface area (Å²) in [6, 6.07) is 0. The molecule has 18 nitrogen and oxygen atoms in total. The van der Waals surface area contributed by atoms with Gasteiger partial charge in [0, 0.05) is 0 Å². The molecule has 0 aliphatic carbocycles. The molecule has 3 heterocycles. The maximum Gasteiger partial charge on any atom is 1.00 e. The molecule has 1 aliphatic rings. The van der Waals surface area contributed by atoms with E-state index < -0.39 is 54.6 Å². The van der Waals surface area contributed by atoms with Crippen molar-refractivity contribution in [2.24, 2.45) is 0 Å². The number of nitrogens with two attached hydrogens (primary N) is 1. The van der Waals surface area contributed by atoms with Gasteiger partial charge in [-0.25, -0.2) is 28.1 Å². The maximum atomic E-state index is 11.7. The van der Waals surface area contributed by atoms with Gasteiger partial charge in [-0.3, -0.25) is 18.2 Å². The molecule has 0 aromatic carbocycles. The van der Waals surface area contributed by atoms with Crippen LogP contribution < -0.4 is 118 Å². The number of rotatable bonds is 8. The van der Waals surface area contributed by atoms with Crippen LogP contribution in [-0.4, -0.2) is 64.4 Å². The van der Waals surface area contributed by atoms with Gasteiger partial charge in [-0.05, 0) is 0 Å². The second kappa shape index (κ2) is 12.6. The average molecular weight is 583 g/mol. The second-order valence-electron chi connectivity index (χ2n) is 5.97. The Balaban J connectivity index is 0.00000272. The summed E-state index contributed by atoms with van der Waals surface area (Å²) in [4.78, 5) is 51.0. The van der Waals surface area contributed by atoms with E-state index in [-0.39, 0.29) is 120 Å². The molecule has 3 unspecified atom stereocenters. The molecule has 0 bridgehead atoms. The summed E-state index contributed by atoms with van der Waals surface area (Å²) >= 11 is 0. The number of phosphoric ester groups is 1. The molecule has 23 heteroatoms. The van der Waals surface area contributed by atoms with Crippen molar-refractivity contribution in [3.05, 3.63) is 12.7 Å². The normalized spacial score (nSPS) is 28.2. The van der Waals surface area contributed by atoms with E-state index in [0.29, 0.717) is 0 Å². The molecule has 0 saturated carbocycles. The minimum Gasteiger partial charge on any atom is -0.756 e. The Morgan fingerprint density at radius 3 is 2.33 bits per heavy atom. The van der Waals surface area contributed by atoms with E-state index in [0.717, 1.165) is 6.33 Å². The van der Waals surface area contributed by atoms with Gasteiger partial charge >= 0.3 is 111 Å². The van der Waals surface area contributed by atoms with Gasteiger partial charge < -0.3 is 40.3 Å². The first-order chi connectivity index (χ1) is 14.2. The van der Waals surface area contributed by atoms with Crippen molar-refractivity contribution in [2.45, 2.75) is 24.5 Å². The second-order valence-corrected chi connectivity index (χ2v) is 10.3. The smallest absolute Gasteiger partial charge is 0.756 e. The van der Waals surface area contributed by atoms with Crippen LogP contribution in [0.5, 0.6) is 0 Å². The Labute approximate surface area is 269 Å². The number of nitrogen functional groups attached to an aromatic ring is 1. The van der Waals surface area contributed by atoms with E-state index >= 15 is 0 Å². The summed E-state index contributed by atoms with van der Waals surface area (Å²) in [7, 11) is -17.4. The Morgan fingerprint density at radius 2 is 1.73 bits per heavy atom. The number of fused-ring (bicyclic) bond motifs is 1. The first-order valence-electron chi connectivity index (χ1n) is 7.88. The van der Waals surface area contributed by atoms with E-state index in [1.165, 1.54) is 10.9 Å². The molecule has 1 saturated heterocycles. The molecule has 0 amide bonds. The van der Waals surface area contributed by atoms with Crippen molar-refractivity contribution in [3.63, 3.8) is 0 Å². The summed E-state index contributed by atoms with van der Waals surface area (Å²) in [5.74, 6) is 0.0322. The topological polar surface area (TPSA) is 285 Å². The van der Waals surface area contributed by atoms with Crippen molar-refractivity contribution < 1.29 is 164 Å². The van der Waals surface area contributed by atoms with Crippen LogP contribution in [-0.2, 0) is 31.6 Å². The van der Waals surface area contributed by atoms with E-state index in [1.54, 1.807) is 0 Å². The third-order valence-corrected chi connectivity index (χ3v) is 7.53. The average Bonchev–Trinajstić information content (AvgIpc) is 3.13. The van der Waals surface area contributed by atoms with Crippen LogP contribution in [0.3, 0.4) is 0 Å². The maximum absolute atomic E-state index is 11.7. The van der Waals surface area contributed by atoms with Crippen molar-refractivity contribution in [1.82, 2.24) is 19.5 Å². The van der Waals surface area contributed by atoms with Crippen LogP contribution in [0.25, 0.3) is 11.2 Å². The number of imidazole rings is 1. The molecule has 2 aromatic rings. The van der Waals surface area contributed by atoms with Gasteiger partial charge in [-0.15, -0.1) is 0 Å². The molecule has 7 atom stereocenters. The largest absolute Gasteiger partial charge is 1.00 e. The Morgan fingerprint density at radius 1 is 1.09 bits per heavy atom. The minimum atomic E-state index is -6.01. The fraction of sp³-hybridized carbons (Fsp3) is 0.500. The van der Waals surface area contributed by atoms with E-state index in [9.17, 15) is 38.6 Å². The van der Waals surface area contributed by atoms with Crippen LogP contribution >= 0.6 is 23.5 Å². The molecular weight excluding hydrogens is 569 g/mol. The molecule has 174 valence electrons. The number of aliphatic hydroxyl groups is 2. The molecule has 2 aromatic heterocycles. The van der Waals surface area contributed by atoms with Gasteiger partial charge in [0.15, 0.2) is 17.7 Å². The molecule has 0 spiro atoms. The van der Waals surface area contributed by atoms with E-state index in [2.05, 4.69) is 28.1 Å². The number of ether oxygens (including phenoxy) is 1. The molecular formula is C10H14K2N5O13P3. The fourth-order valence-electron chi connectivity index (χ4n) is 2.61. The number of hydrogen-bond donors (Lipinski definition) is 5. The number of aliphatic hydroxyl groups excluding tert-OH is 2. The molecule has 1 fully saturated rings. The van der Waals surface area contributed by atoms with Crippen LogP contribution in [0.1, 0.15) is 6.23 Å². The van der Waals surface area contributed by atoms with Crippen molar-refractivity contribution in [2.75, 3.05) is 12.3 Å². The summed E-state index contributed by atoms with van der Waals surface area (Å²) in [6.45, 7) is -1.000. The predicted octanol–water partition coefficient (Wildman–Crippen LogP) is -8.89. The Hall–Kier alpha value is 1.91. The summed E-state index contributed by atoms with van der Waals surface area (Å²) in [5.41, 5.74) is 5.97. The SMILES string of the molecule is Nc1ncnc2c1ncn2[C@@H]1O[C@H](COP(=O)(O)OP(=O)([O-])OP(=O)([O-])O)[C@@H](O)[C@H]1O.[K+].[K+]. The predicted molar refractivity (Wildman–Crippen MR) is 91.0 cm³/mol. The number of aromatic nitrogens is 4. The summed E-state index contributed by atoms with van der Waals surface area (Å²) < 4.78 is 51.0. The zero-order valence-electron chi connectivity index (χ0n) is 16.8. The first kappa shape index (κ1) is 32.9. The van der Waals surface area contributed by atoms with Gasteiger partial charge in [0.25, 0.3) is 15.6 Å². The van der Waals surface area contributed by atoms with Crippen LogP contribution in [0, 0.1) is 0 Å². The first-order valence-corrected chi connectivity index (χ1v) is 12.3. The van der Waals surface area contributed by atoms with Crippen LogP contribution in [0.2, 0.25) is 0 Å². The fourth-order valence-corrected chi connectivity index (χ4v) is 5.55. The third kappa shape index (κ3) is 8.73. The molecule has 0 radical (unpaired) electrons. The van der Waals surface area contributed by atoms with Crippen molar-refractivity contribution in [3.8, 4) is 0 Å². The van der Waals surface area contributed by atoms with Gasteiger partial charge in [-0.2, -0.15) is 0 Å². The molecule has 3 rings (SSSR count). The van der Waals surface area contributed by atoms with E-state index in [4.69, 9.17) is 15.4 Å². The summed E-state index contributed by atoms with van der Waals surface area (Å²) in [6.07, 6.45) is -3.81. The van der Waals surface area contributed by atoms with Crippen LogP contribution in [0.15, 0.2) is 12.7 Å². The Kier molecular flexibility index (Phi) is 12.6. The molecule has 33 heavy (non-hydrogen) atoms. The quantitative estimate of drug-likeness (QED) is 0.142. The monoisotopic (exact) mass is 583 g/mol. The van der Waals surface area contributed by atoms with E-state index in [1.807, 2.05) is 0 Å². The standard InChI is InChI=1S/C10H16N5O13P3.2K/c11-8-5-9(13-2-12-8)15(3-14-5)10-7(17)6(16)4(26-10)1-25-30(21,22)28-31(23,24)27-29(18,19)20;;/h2-4,6-7,10,16-17H,1H2,(H,21,22)(H,23,24)(H2,11,12,13)(H2,18,19,20);;/q;2*+1/p-2/t4-,6-,7-,10-;;/m1../s1. The van der Waals surface area contributed by atoms with Gasteiger partial charge in [0.2, 0.25) is 0 Å². The number of anilines is 1. The third-order valence-electron chi connectivity index (χ3n) is 3.81. The number of phosphoric acid groups is 3. The zero-order chi connectivity index (χ0) is 23.2. The zero-order valence-corrected chi connectivity index (χ0v) is 25.8. The van der Waals surface area contributed by atoms with Gasteiger partial charge in [0.1, 0.15) is 30.2 Å². The van der Waals surface area contributed by atoms with Gasteiger partial charge in [-0.1, -0.05) is 0 Å². The van der Waals surface area contributed by atoms with Gasteiger partial charge in [0.05, 0.1) is 12.9 Å². The summed E-state index contributed by atoms with van der Waals surface area (Å²) in [5, 5.41) is 20.4. The number of hydrogen-bond acceptors (Lipinski definition) is 15. The van der Waals surface area contributed by atoms with Crippen molar-refractivity contribution >= 4 is 40.4 Å². The van der Waals surface area contributed by atoms with Crippen LogP contribution in [0.4, 0.5) is 5.82 Å². The minimum absolute atomic E-state index is 0. The molecule has 6 N–H and O–H groups in total. The Bertz CT molecular complexity index is 1120. The molecule has 1 aliphatic heterocycles. The van der Waals surface area contributed by atoms with Crippen molar-refractivity contribution in [1.29, 1.82) is 0 Å². The number of nitrogens with zero attached hydrogens (tertiary/aromatic N) is 4.